The molecule has 0 aromatic heterocycles. The molecule has 0 aromatic carbocycles. The van der Waals surface area contributed by atoms with Crippen molar-refractivity contribution in [3.63, 3.8) is 0 Å². The van der Waals surface area contributed by atoms with Crippen molar-refractivity contribution in [2.24, 2.45) is 0 Å². The minimum atomic E-state index is -0.971. The zero-order valence-corrected chi connectivity index (χ0v) is 6.94. The fourth-order valence-electron chi connectivity index (χ4n) is 1.56. The number of quaternary nitrogens is 1. The average molecular weight is 162 g/mol. The van der Waals surface area contributed by atoms with Crippen LogP contribution in [0.15, 0.2) is 0 Å². The first-order valence-corrected chi connectivity index (χ1v) is 3.78. The third kappa shape index (κ3) is 1.90. The zero-order chi connectivity index (χ0) is 8.65. The lowest BCUT2D eigenvalue weighted by Gasteiger charge is -2.41. The summed E-state index contributed by atoms with van der Waals surface area (Å²) >= 11 is 0. The van der Waals surface area contributed by atoms with Crippen LogP contribution >= 0.6 is 0 Å². The number of piperidine rings is 1. The Kier molecular flexibility index (Phi) is 2.20. The van der Waals surface area contributed by atoms with E-state index in [0.717, 1.165) is 0 Å². The summed E-state index contributed by atoms with van der Waals surface area (Å²) in [5, 5.41) is 27.7. The van der Waals surface area contributed by atoms with Crippen LogP contribution in [0.25, 0.3) is 0 Å². The van der Waals surface area contributed by atoms with Gasteiger partial charge < -0.3 is 19.8 Å². The Hall–Kier alpha value is -0.160. The molecule has 11 heavy (non-hydrogen) atoms. The number of hydrogen-bond acceptors (Lipinski definition) is 3. The van der Waals surface area contributed by atoms with Crippen molar-refractivity contribution in [2.75, 3.05) is 27.2 Å². The summed E-state index contributed by atoms with van der Waals surface area (Å²) < 4.78 is 0.555. The van der Waals surface area contributed by atoms with E-state index in [1.165, 1.54) is 0 Å². The van der Waals surface area contributed by atoms with E-state index in [4.69, 9.17) is 5.11 Å². The summed E-state index contributed by atoms with van der Waals surface area (Å²) in [6, 6.07) is 0. The third-order valence-corrected chi connectivity index (χ3v) is 2.15. The first-order valence-electron chi connectivity index (χ1n) is 3.78. The van der Waals surface area contributed by atoms with Crippen LogP contribution in [0, 0.1) is 0 Å². The Morgan fingerprint density at radius 3 is 1.73 bits per heavy atom. The maximum absolute atomic E-state index is 9.26. The molecule has 1 rings (SSSR count). The molecule has 1 aliphatic heterocycles. The molecule has 0 aliphatic carbocycles. The molecule has 66 valence electrons. The van der Waals surface area contributed by atoms with Crippen LogP contribution in [-0.2, 0) is 0 Å². The lowest BCUT2D eigenvalue weighted by molar-refractivity contribution is -0.903. The number of nitrogens with zero attached hydrogens (tertiary/aromatic N) is 1. The molecule has 1 saturated heterocycles. The van der Waals surface area contributed by atoms with Gasteiger partial charge in [0.25, 0.3) is 0 Å². The van der Waals surface area contributed by atoms with Crippen LogP contribution in [0.1, 0.15) is 0 Å². The van der Waals surface area contributed by atoms with Gasteiger partial charge in [0.1, 0.15) is 31.4 Å². The fraction of sp³-hybridized carbons (Fsp3) is 1.00. The molecule has 1 fully saturated rings. The second kappa shape index (κ2) is 2.71. The molecule has 0 amide bonds. The topological polar surface area (TPSA) is 60.7 Å². The standard InChI is InChI=1S/C7H16NO3/c1-8(2)3-5(9)7(11)6(10)4-8/h5-7,9-11H,3-4H2,1-2H3/q+1/t5-,6-/m1/s1. The largest absolute Gasteiger partial charge is 0.387 e. The molecule has 4 heteroatoms. The molecular weight excluding hydrogens is 146 g/mol. The maximum atomic E-state index is 9.26. The smallest absolute Gasteiger partial charge is 0.131 e. The van der Waals surface area contributed by atoms with Gasteiger partial charge in [-0.3, -0.25) is 0 Å². The van der Waals surface area contributed by atoms with Gasteiger partial charge in [-0.2, -0.15) is 0 Å². The van der Waals surface area contributed by atoms with Gasteiger partial charge in [-0.05, 0) is 0 Å². The average Bonchev–Trinajstić information content (AvgIpc) is 1.81. The second-order valence-electron chi connectivity index (χ2n) is 3.93. The molecule has 0 saturated carbocycles. The van der Waals surface area contributed by atoms with Crippen molar-refractivity contribution < 1.29 is 19.8 Å². The maximum Gasteiger partial charge on any atom is 0.131 e. The van der Waals surface area contributed by atoms with Crippen molar-refractivity contribution in [2.45, 2.75) is 18.3 Å². The number of likely N-dealkylation sites (N-methyl/N-ethyl adjacent to an activating group) is 1. The normalized spacial score (nSPS) is 43.9. The monoisotopic (exact) mass is 162 g/mol. The molecule has 0 radical (unpaired) electrons. The first-order chi connectivity index (χ1) is 4.92. The zero-order valence-electron chi connectivity index (χ0n) is 6.94. The van der Waals surface area contributed by atoms with E-state index in [-0.39, 0.29) is 0 Å². The second-order valence-corrected chi connectivity index (χ2v) is 3.93. The molecule has 1 aliphatic rings. The first kappa shape index (κ1) is 8.93. The molecule has 0 bridgehead atoms. The third-order valence-electron chi connectivity index (χ3n) is 2.15. The number of likely N-dealkylation sites (tertiary alicyclic amines) is 1. The highest BCUT2D eigenvalue weighted by Gasteiger charge is 2.39. The Bertz CT molecular complexity index is 135. The Morgan fingerprint density at radius 2 is 1.36 bits per heavy atom. The molecule has 0 spiro atoms. The molecule has 1 heterocycles. The van der Waals surface area contributed by atoms with Gasteiger partial charge in [0.2, 0.25) is 0 Å². The van der Waals surface area contributed by atoms with Crippen LogP contribution in [0.4, 0.5) is 0 Å². The van der Waals surface area contributed by atoms with Crippen molar-refractivity contribution >= 4 is 0 Å². The molecule has 0 aromatic rings. The lowest BCUT2D eigenvalue weighted by atomic mass is 10.0. The predicted octanol–water partition coefficient (Wildman–Crippen LogP) is -1.84. The van der Waals surface area contributed by atoms with Gasteiger partial charge in [0.05, 0.1) is 14.1 Å². The van der Waals surface area contributed by atoms with Gasteiger partial charge >= 0.3 is 0 Å². The summed E-state index contributed by atoms with van der Waals surface area (Å²) in [6.07, 6.45) is -2.57. The van der Waals surface area contributed by atoms with Gasteiger partial charge in [-0.25, -0.2) is 0 Å². The van der Waals surface area contributed by atoms with Gasteiger partial charge in [0.15, 0.2) is 0 Å². The number of hydrogen-bond donors (Lipinski definition) is 3. The summed E-state index contributed by atoms with van der Waals surface area (Å²) in [6.45, 7) is 0.996. The Balaban J connectivity index is 2.62. The van der Waals surface area contributed by atoms with E-state index in [9.17, 15) is 10.2 Å². The quantitative estimate of drug-likeness (QED) is 0.367. The van der Waals surface area contributed by atoms with Gasteiger partial charge in [-0.1, -0.05) is 0 Å². The summed E-state index contributed by atoms with van der Waals surface area (Å²) in [5.74, 6) is 0. The molecule has 3 N–H and O–H groups in total. The van der Waals surface area contributed by atoms with Gasteiger partial charge in [-0.15, -0.1) is 0 Å². The van der Waals surface area contributed by atoms with E-state index in [1.807, 2.05) is 14.1 Å². The van der Waals surface area contributed by atoms with Crippen LogP contribution in [0.2, 0.25) is 0 Å². The van der Waals surface area contributed by atoms with Crippen molar-refractivity contribution in [3.8, 4) is 0 Å². The number of rotatable bonds is 0. The predicted molar refractivity (Wildman–Crippen MR) is 39.9 cm³/mol. The minimum absolute atomic E-state index is 0.498. The van der Waals surface area contributed by atoms with Crippen LogP contribution < -0.4 is 0 Å². The Labute approximate surface area is 66.3 Å². The summed E-state index contributed by atoms with van der Waals surface area (Å²) in [5.41, 5.74) is 0. The van der Waals surface area contributed by atoms with E-state index in [0.29, 0.717) is 17.6 Å². The fourth-order valence-corrected chi connectivity index (χ4v) is 1.56. The molecule has 4 nitrogen and oxygen atoms in total. The SMILES string of the molecule is C[N+]1(C)C[C@@H](O)C(O)[C@H](O)C1. The van der Waals surface area contributed by atoms with Crippen LogP contribution in [0.3, 0.4) is 0 Å². The van der Waals surface area contributed by atoms with Crippen LogP contribution in [0.5, 0.6) is 0 Å². The lowest BCUT2D eigenvalue weighted by Crippen LogP contribution is -2.61. The summed E-state index contributed by atoms with van der Waals surface area (Å²) in [7, 11) is 3.83. The van der Waals surface area contributed by atoms with Gasteiger partial charge in [0, 0.05) is 0 Å². The van der Waals surface area contributed by atoms with E-state index in [2.05, 4.69) is 0 Å². The Morgan fingerprint density at radius 1 is 1.00 bits per heavy atom. The summed E-state index contributed by atoms with van der Waals surface area (Å²) in [4.78, 5) is 0. The highest BCUT2D eigenvalue weighted by Crippen LogP contribution is 2.15. The molecule has 2 atom stereocenters. The number of aliphatic hydroxyl groups excluding tert-OH is 3. The van der Waals surface area contributed by atoms with Crippen LogP contribution in [-0.4, -0.2) is 65.3 Å². The molecule has 0 unspecified atom stereocenters. The minimum Gasteiger partial charge on any atom is -0.387 e. The van der Waals surface area contributed by atoms with Crippen molar-refractivity contribution in [1.82, 2.24) is 0 Å². The highest BCUT2D eigenvalue weighted by atomic mass is 16.4. The number of aliphatic hydroxyl groups is 3. The van der Waals surface area contributed by atoms with E-state index < -0.39 is 18.3 Å². The molecular formula is C7H16NO3+. The van der Waals surface area contributed by atoms with E-state index >= 15 is 0 Å². The van der Waals surface area contributed by atoms with E-state index in [1.54, 1.807) is 0 Å². The van der Waals surface area contributed by atoms with Crippen molar-refractivity contribution in [3.05, 3.63) is 0 Å². The highest BCUT2D eigenvalue weighted by molar-refractivity contribution is 4.79. The van der Waals surface area contributed by atoms with Crippen molar-refractivity contribution in [1.29, 1.82) is 0 Å².